The molecule has 5 rings (SSSR count). The Morgan fingerprint density at radius 3 is 2.47 bits per heavy atom. The lowest BCUT2D eigenvalue weighted by molar-refractivity contribution is -0.0217. The molecule has 0 radical (unpaired) electrons. The summed E-state index contributed by atoms with van der Waals surface area (Å²) in [6.45, 7) is 0. The Kier molecular flexibility index (Phi) is 6.32. The van der Waals surface area contributed by atoms with Gasteiger partial charge in [0.2, 0.25) is 6.23 Å². The largest absolute Gasteiger partial charge is 0.493 e. The first-order chi connectivity index (χ1) is 17.4. The number of carboxylic acid groups (broad SMARTS) is 1. The van der Waals surface area contributed by atoms with E-state index in [1.54, 1.807) is 42.5 Å². The molecular formula is C26H22Cl2N2O6. The maximum Gasteiger partial charge on any atom is 0.340 e. The molecule has 0 saturated carbocycles. The van der Waals surface area contributed by atoms with Crippen molar-refractivity contribution in [2.24, 2.45) is 5.10 Å². The number of nitrogens with zero attached hydrogens (tertiary/aromatic N) is 2. The maximum absolute atomic E-state index is 12.4. The summed E-state index contributed by atoms with van der Waals surface area (Å²) < 4.78 is 22.8. The minimum absolute atomic E-state index is 0.0767. The third kappa shape index (κ3) is 3.86. The van der Waals surface area contributed by atoms with Gasteiger partial charge >= 0.3 is 5.97 Å². The fraction of sp³-hybridized carbons (Fsp3) is 0.231. The van der Waals surface area contributed by atoms with E-state index in [9.17, 15) is 9.90 Å². The standard InChI is InChI=1S/C26H22Cl2N2O6/c1-33-20-6-4-5-15-19-12-18(14-8-7-13(27)11-17(14)28)29-30(19)25(36-23(15)20)16-9-10-21(34-2)24(35-3)22(16)26(31)32/h4-11,19,25H,12H2,1-3H3,(H,31,32)/t19-,25+/m0/s1. The molecular weight excluding hydrogens is 507 g/mol. The van der Waals surface area contributed by atoms with E-state index in [4.69, 9.17) is 47.3 Å². The molecule has 0 bridgehead atoms. The van der Waals surface area contributed by atoms with Crippen LogP contribution < -0.4 is 18.9 Å². The Morgan fingerprint density at radius 2 is 1.81 bits per heavy atom. The summed E-state index contributed by atoms with van der Waals surface area (Å²) in [5.74, 6) is 0.263. The molecule has 0 amide bonds. The average Bonchev–Trinajstić information content (AvgIpc) is 3.32. The monoisotopic (exact) mass is 528 g/mol. The number of fused-ring (bicyclic) bond motifs is 3. The van der Waals surface area contributed by atoms with Gasteiger partial charge in [0.05, 0.1) is 38.1 Å². The molecule has 8 nitrogen and oxygen atoms in total. The lowest BCUT2D eigenvalue weighted by atomic mass is 9.94. The third-order valence-corrected chi connectivity index (χ3v) is 6.85. The van der Waals surface area contributed by atoms with Crippen LogP contribution in [0.2, 0.25) is 10.0 Å². The lowest BCUT2D eigenvalue weighted by Crippen LogP contribution is -2.35. The second kappa shape index (κ2) is 9.44. The van der Waals surface area contributed by atoms with Crippen molar-refractivity contribution in [1.29, 1.82) is 0 Å². The van der Waals surface area contributed by atoms with E-state index in [2.05, 4.69) is 0 Å². The number of carboxylic acids is 1. The highest BCUT2D eigenvalue weighted by molar-refractivity contribution is 6.37. The van der Waals surface area contributed by atoms with Crippen LogP contribution in [0.5, 0.6) is 23.0 Å². The van der Waals surface area contributed by atoms with E-state index in [1.165, 1.54) is 14.2 Å². The van der Waals surface area contributed by atoms with Gasteiger partial charge < -0.3 is 24.1 Å². The molecule has 2 aliphatic rings. The molecule has 0 spiro atoms. The van der Waals surface area contributed by atoms with E-state index in [1.807, 2.05) is 18.2 Å². The van der Waals surface area contributed by atoms with E-state index >= 15 is 0 Å². The summed E-state index contributed by atoms with van der Waals surface area (Å²) in [5.41, 5.74) is 2.61. The number of benzene rings is 3. The second-order valence-electron chi connectivity index (χ2n) is 8.19. The highest BCUT2D eigenvalue weighted by Crippen LogP contribution is 2.52. The van der Waals surface area contributed by atoms with Crippen molar-refractivity contribution < 1.29 is 28.8 Å². The number of aromatic carboxylic acids is 1. The Balaban J connectivity index is 1.71. The molecule has 10 heteroatoms. The van der Waals surface area contributed by atoms with Gasteiger partial charge in [0.15, 0.2) is 23.0 Å². The van der Waals surface area contributed by atoms with Gasteiger partial charge in [-0.05, 0) is 30.3 Å². The van der Waals surface area contributed by atoms with Crippen molar-refractivity contribution in [2.75, 3.05) is 21.3 Å². The van der Waals surface area contributed by atoms with Crippen molar-refractivity contribution in [2.45, 2.75) is 18.7 Å². The quantitative estimate of drug-likeness (QED) is 0.422. The number of methoxy groups -OCH3 is 3. The summed E-state index contributed by atoms with van der Waals surface area (Å²) >= 11 is 12.6. The van der Waals surface area contributed by atoms with Crippen LogP contribution in [0.25, 0.3) is 0 Å². The van der Waals surface area contributed by atoms with Crippen molar-refractivity contribution >= 4 is 34.9 Å². The minimum Gasteiger partial charge on any atom is -0.493 e. The minimum atomic E-state index is -1.18. The molecule has 0 fully saturated rings. The zero-order valence-electron chi connectivity index (χ0n) is 19.6. The van der Waals surface area contributed by atoms with Gasteiger partial charge in [-0.2, -0.15) is 5.10 Å². The van der Waals surface area contributed by atoms with Gasteiger partial charge in [-0.15, -0.1) is 0 Å². The number of hydrazone groups is 1. The number of ether oxygens (including phenoxy) is 4. The Morgan fingerprint density at radius 1 is 1.03 bits per heavy atom. The molecule has 3 aromatic carbocycles. The van der Waals surface area contributed by atoms with Crippen LogP contribution in [0.4, 0.5) is 0 Å². The SMILES string of the molecule is COc1cccc2c1O[C@H](c1ccc(OC)c(OC)c1C(=O)O)N1N=C(c3ccc(Cl)cc3Cl)C[C@@H]21. The highest BCUT2D eigenvalue weighted by atomic mass is 35.5. The van der Waals surface area contributed by atoms with Crippen LogP contribution in [-0.4, -0.2) is 43.1 Å². The third-order valence-electron chi connectivity index (χ3n) is 6.30. The lowest BCUT2D eigenvalue weighted by Gasteiger charge is -2.39. The fourth-order valence-electron chi connectivity index (χ4n) is 4.70. The summed E-state index contributed by atoms with van der Waals surface area (Å²) in [7, 11) is 4.40. The first-order valence-electron chi connectivity index (χ1n) is 11.0. The van der Waals surface area contributed by atoms with E-state index in [0.29, 0.717) is 39.3 Å². The predicted molar refractivity (Wildman–Crippen MR) is 135 cm³/mol. The topological polar surface area (TPSA) is 89.8 Å². The van der Waals surface area contributed by atoms with Crippen LogP contribution in [-0.2, 0) is 0 Å². The highest BCUT2D eigenvalue weighted by Gasteiger charge is 2.44. The number of rotatable bonds is 6. The normalized spacial score (nSPS) is 18.0. The first kappa shape index (κ1) is 24.1. The zero-order valence-corrected chi connectivity index (χ0v) is 21.1. The molecule has 2 heterocycles. The van der Waals surface area contributed by atoms with Gasteiger partial charge in [0, 0.05) is 28.1 Å². The van der Waals surface area contributed by atoms with Crippen molar-refractivity contribution in [3.05, 3.63) is 80.8 Å². The van der Waals surface area contributed by atoms with Crippen LogP contribution in [0, 0.1) is 0 Å². The summed E-state index contributed by atoms with van der Waals surface area (Å²) in [4.78, 5) is 12.4. The fourth-order valence-corrected chi connectivity index (χ4v) is 5.22. The predicted octanol–water partition coefficient (Wildman–Crippen LogP) is 5.96. The van der Waals surface area contributed by atoms with Crippen LogP contribution in [0.1, 0.15) is 45.7 Å². The number of para-hydroxylation sites is 1. The number of carbonyl (C=O) groups is 1. The van der Waals surface area contributed by atoms with Gasteiger partial charge in [0.25, 0.3) is 0 Å². The van der Waals surface area contributed by atoms with Crippen molar-refractivity contribution in [3.8, 4) is 23.0 Å². The number of halogens is 2. The van der Waals surface area contributed by atoms with E-state index in [-0.39, 0.29) is 17.4 Å². The van der Waals surface area contributed by atoms with Crippen LogP contribution >= 0.6 is 23.2 Å². The van der Waals surface area contributed by atoms with Crippen molar-refractivity contribution in [3.63, 3.8) is 0 Å². The smallest absolute Gasteiger partial charge is 0.340 e. The molecule has 186 valence electrons. The molecule has 0 aliphatic carbocycles. The molecule has 0 saturated heterocycles. The van der Waals surface area contributed by atoms with Crippen molar-refractivity contribution in [1.82, 2.24) is 5.01 Å². The first-order valence-corrected chi connectivity index (χ1v) is 11.8. The summed E-state index contributed by atoms with van der Waals surface area (Å²) in [5, 5.41) is 17.8. The molecule has 2 aliphatic heterocycles. The maximum atomic E-state index is 12.4. The van der Waals surface area contributed by atoms with Gasteiger partial charge in [0.1, 0.15) is 5.56 Å². The molecule has 0 aromatic heterocycles. The average molecular weight is 529 g/mol. The molecule has 0 unspecified atom stereocenters. The molecule has 36 heavy (non-hydrogen) atoms. The number of hydrogen-bond donors (Lipinski definition) is 1. The molecule has 2 atom stereocenters. The van der Waals surface area contributed by atoms with Crippen LogP contribution in [0.15, 0.2) is 53.6 Å². The zero-order chi connectivity index (χ0) is 25.6. The summed E-state index contributed by atoms with van der Waals surface area (Å²) in [6, 6.07) is 13.9. The van der Waals surface area contributed by atoms with Gasteiger partial charge in [-0.1, -0.05) is 41.4 Å². The Hall–Kier alpha value is -3.62. The van der Waals surface area contributed by atoms with Gasteiger partial charge in [-0.3, -0.25) is 0 Å². The summed E-state index contributed by atoms with van der Waals surface area (Å²) in [6.07, 6.45) is -0.384. The van der Waals surface area contributed by atoms with Gasteiger partial charge in [-0.25, -0.2) is 9.80 Å². The second-order valence-corrected chi connectivity index (χ2v) is 9.03. The van der Waals surface area contributed by atoms with E-state index < -0.39 is 12.2 Å². The Bertz CT molecular complexity index is 1390. The van der Waals surface area contributed by atoms with E-state index in [0.717, 1.165) is 16.8 Å². The molecule has 1 N–H and O–H groups in total. The number of hydrogen-bond acceptors (Lipinski definition) is 7. The van der Waals surface area contributed by atoms with Crippen LogP contribution in [0.3, 0.4) is 0 Å². The molecule has 3 aromatic rings. The Labute approximate surface area is 217 Å².